The molecule has 0 fully saturated rings. The minimum Gasteiger partial charge on any atom is -0.489 e. The van der Waals surface area contributed by atoms with E-state index in [0.717, 1.165) is 24.3 Å². The second-order valence-corrected chi connectivity index (χ2v) is 4.93. The molecule has 0 radical (unpaired) electrons. The fourth-order valence-electron chi connectivity index (χ4n) is 1.81. The molecule has 0 saturated carbocycles. The molecule has 104 valence electrons. The number of allylic oxidation sites excluding steroid dienone is 3. The van der Waals surface area contributed by atoms with E-state index < -0.39 is 0 Å². The van der Waals surface area contributed by atoms with Crippen LogP contribution in [0.4, 0.5) is 5.82 Å². The lowest BCUT2D eigenvalue weighted by Crippen LogP contribution is -2.12. The number of halogens is 1. The zero-order chi connectivity index (χ0) is 14.5. The quantitative estimate of drug-likeness (QED) is 0.861. The van der Waals surface area contributed by atoms with Crippen molar-refractivity contribution in [1.82, 2.24) is 9.97 Å². The van der Waals surface area contributed by atoms with Crippen LogP contribution in [0, 0.1) is 11.3 Å². The Hall–Kier alpha value is -2.06. The highest BCUT2D eigenvalue weighted by molar-refractivity contribution is 6.28. The molecule has 1 aromatic rings. The molecule has 1 aromatic heterocycles. The number of anilines is 1. The second kappa shape index (κ2) is 6.40. The van der Waals surface area contributed by atoms with Gasteiger partial charge in [0.2, 0.25) is 5.28 Å². The Morgan fingerprint density at radius 3 is 3.00 bits per heavy atom. The van der Waals surface area contributed by atoms with Gasteiger partial charge in [-0.25, -0.2) is 4.98 Å². The summed E-state index contributed by atoms with van der Waals surface area (Å²) in [5.41, 5.74) is 1.24. The Labute approximate surface area is 122 Å². The minimum absolute atomic E-state index is 0.0778. The zero-order valence-corrected chi connectivity index (χ0v) is 12.1. The van der Waals surface area contributed by atoms with Crippen molar-refractivity contribution in [2.45, 2.75) is 32.8 Å². The van der Waals surface area contributed by atoms with Gasteiger partial charge in [-0.2, -0.15) is 10.2 Å². The van der Waals surface area contributed by atoms with Crippen LogP contribution >= 0.6 is 11.6 Å². The monoisotopic (exact) mass is 290 g/mol. The van der Waals surface area contributed by atoms with Crippen molar-refractivity contribution in [3.05, 3.63) is 40.7 Å². The molecule has 0 aromatic carbocycles. The zero-order valence-electron chi connectivity index (χ0n) is 11.4. The third kappa shape index (κ3) is 3.49. The Balaban J connectivity index is 2.31. The molecule has 0 unspecified atom stereocenters. The number of nitriles is 1. The fraction of sp³-hybridized carbons (Fsp3) is 0.357. The third-order valence-corrected chi connectivity index (χ3v) is 2.82. The smallest absolute Gasteiger partial charge is 0.224 e. The second-order valence-electron chi connectivity index (χ2n) is 4.59. The standard InChI is InChI=1S/C14H15ClN4O/c1-9(2)20-12-6-4-3-5-11(12)18-13-10(7-16)8-17-14(15)19-13/h4,6,8-9H,3,5H2,1-2H3,(H,17,18,19). The van der Waals surface area contributed by atoms with Gasteiger partial charge in [-0.1, -0.05) is 6.08 Å². The van der Waals surface area contributed by atoms with Crippen molar-refractivity contribution < 1.29 is 4.74 Å². The van der Waals surface area contributed by atoms with Gasteiger partial charge in [0.1, 0.15) is 17.4 Å². The van der Waals surface area contributed by atoms with Crippen LogP contribution in [0.2, 0.25) is 5.28 Å². The lowest BCUT2D eigenvalue weighted by molar-refractivity contribution is 0.154. The first-order valence-corrected chi connectivity index (χ1v) is 6.74. The minimum atomic E-state index is 0.0778. The molecule has 1 aliphatic carbocycles. The molecule has 0 saturated heterocycles. The molecule has 0 bridgehead atoms. The number of aromatic nitrogens is 2. The molecule has 2 rings (SSSR count). The molecular weight excluding hydrogens is 276 g/mol. The molecule has 5 nitrogen and oxygen atoms in total. The van der Waals surface area contributed by atoms with Crippen LogP contribution in [0.15, 0.2) is 29.8 Å². The van der Waals surface area contributed by atoms with Crippen molar-refractivity contribution in [1.29, 1.82) is 5.26 Å². The number of rotatable bonds is 4. The van der Waals surface area contributed by atoms with E-state index in [4.69, 9.17) is 21.6 Å². The van der Waals surface area contributed by atoms with Gasteiger partial charge in [-0.15, -0.1) is 0 Å². The van der Waals surface area contributed by atoms with Crippen LogP contribution in [0.3, 0.4) is 0 Å². The summed E-state index contributed by atoms with van der Waals surface area (Å²) in [7, 11) is 0. The number of nitrogens with zero attached hydrogens (tertiary/aromatic N) is 3. The number of nitrogens with one attached hydrogen (secondary N) is 1. The van der Waals surface area contributed by atoms with Gasteiger partial charge in [-0.3, -0.25) is 0 Å². The maximum Gasteiger partial charge on any atom is 0.224 e. The molecule has 6 heteroatoms. The predicted molar refractivity (Wildman–Crippen MR) is 77.0 cm³/mol. The van der Waals surface area contributed by atoms with Gasteiger partial charge < -0.3 is 10.1 Å². The lowest BCUT2D eigenvalue weighted by atomic mass is 10.1. The average Bonchev–Trinajstić information content (AvgIpc) is 2.41. The van der Waals surface area contributed by atoms with Crippen molar-refractivity contribution in [2.75, 3.05) is 5.32 Å². The Kier molecular flexibility index (Phi) is 4.59. The first-order chi connectivity index (χ1) is 9.60. The summed E-state index contributed by atoms with van der Waals surface area (Å²) in [5, 5.41) is 12.3. The molecule has 1 N–H and O–H groups in total. The lowest BCUT2D eigenvalue weighted by Gasteiger charge is -2.20. The molecule has 0 aliphatic heterocycles. The van der Waals surface area contributed by atoms with E-state index in [9.17, 15) is 0 Å². The van der Waals surface area contributed by atoms with E-state index in [1.54, 1.807) is 0 Å². The van der Waals surface area contributed by atoms with Crippen molar-refractivity contribution in [2.24, 2.45) is 0 Å². The normalized spacial score (nSPS) is 14.3. The highest BCUT2D eigenvalue weighted by atomic mass is 35.5. The van der Waals surface area contributed by atoms with Crippen LogP contribution in [0.25, 0.3) is 0 Å². The third-order valence-electron chi connectivity index (χ3n) is 2.64. The van der Waals surface area contributed by atoms with Crippen molar-refractivity contribution in [3.8, 4) is 6.07 Å². The van der Waals surface area contributed by atoms with Gasteiger partial charge in [0.05, 0.1) is 18.0 Å². The summed E-state index contributed by atoms with van der Waals surface area (Å²) in [5.74, 6) is 1.17. The van der Waals surface area contributed by atoms with E-state index in [2.05, 4.69) is 21.4 Å². The van der Waals surface area contributed by atoms with E-state index in [0.29, 0.717) is 11.4 Å². The van der Waals surface area contributed by atoms with Gasteiger partial charge in [0.25, 0.3) is 0 Å². The topological polar surface area (TPSA) is 70.8 Å². The summed E-state index contributed by atoms with van der Waals surface area (Å²) >= 11 is 5.78. The summed E-state index contributed by atoms with van der Waals surface area (Å²) in [4.78, 5) is 7.86. The molecule has 1 aliphatic rings. The SMILES string of the molecule is CC(C)OC1=C(Nc2nc(Cl)ncc2C#N)CCC=C1. The van der Waals surface area contributed by atoms with Gasteiger partial charge in [0, 0.05) is 0 Å². The molecule has 0 atom stereocenters. The van der Waals surface area contributed by atoms with E-state index in [-0.39, 0.29) is 11.4 Å². The van der Waals surface area contributed by atoms with Crippen LogP contribution in [-0.2, 0) is 4.74 Å². The van der Waals surface area contributed by atoms with E-state index >= 15 is 0 Å². The highest BCUT2D eigenvalue weighted by Gasteiger charge is 2.14. The Morgan fingerprint density at radius 2 is 2.30 bits per heavy atom. The molecule has 1 heterocycles. The van der Waals surface area contributed by atoms with Gasteiger partial charge in [-0.05, 0) is 44.4 Å². The van der Waals surface area contributed by atoms with Crippen LogP contribution in [-0.4, -0.2) is 16.1 Å². The molecule has 0 spiro atoms. The van der Waals surface area contributed by atoms with Gasteiger partial charge >= 0.3 is 0 Å². The largest absolute Gasteiger partial charge is 0.489 e. The first-order valence-electron chi connectivity index (χ1n) is 6.36. The first kappa shape index (κ1) is 14.4. The summed E-state index contributed by atoms with van der Waals surface area (Å²) in [6.45, 7) is 3.94. The van der Waals surface area contributed by atoms with E-state index in [1.807, 2.05) is 26.0 Å². The molecule has 0 amide bonds. The van der Waals surface area contributed by atoms with Crippen LogP contribution in [0.5, 0.6) is 0 Å². The van der Waals surface area contributed by atoms with Crippen molar-refractivity contribution in [3.63, 3.8) is 0 Å². The maximum absolute atomic E-state index is 9.08. The van der Waals surface area contributed by atoms with Crippen LogP contribution in [0.1, 0.15) is 32.3 Å². The Bertz CT molecular complexity index is 602. The maximum atomic E-state index is 9.08. The number of hydrogen-bond acceptors (Lipinski definition) is 5. The summed E-state index contributed by atoms with van der Waals surface area (Å²) in [6, 6.07) is 2.04. The molecular formula is C14H15ClN4O. The number of hydrogen-bond donors (Lipinski definition) is 1. The Morgan fingerprint density at radius 1 is 1.50 bits per heavy atom. The summed E-state index contributed by atoms with van der Waals surface area (Å²) in [6.07, 6.45) is 7.18. The molecule has 20 heavy (non-hydrogen) atoms. The van der Waals surface area contributed by atoms with Crippen molar-refractivity contribution >= 4 is 17.4 Å². The number of ether oxygens (including phenoxy) is 1. The van der Waals surface area contributed by atoms with Crippen LogP contribution < -0.4 is 5.32 Å². The van der Waals surface area contributed by atoms with E-state index in [1.165, 1.54) is 6.20 Å². The predicted octanol–water partition coefficient (Wildman–Crippen LogP) is 3.40. The van der Waals surface area contributed by atoms with Gasteiger partial charge in [0.15, 0.2) is 5.82 Å². The highest BCUT2D eigenvalue weighted by Crippen LogP contribution is 2.24. The average molecular weight is 291 g/mol. The fourth-order valence-corrected chi connectivity index (χ4v) is 1.94. The summed E-state index contributed by atoms with van der Waals surface area (Å²) < 4.78 is 5.75.